The second-order valence-corrected chi connectivity index (χ2v) is 9.76. The Balaban J connectivity index is 1.54. The van der Waals surface area contributed by atoms with Gasteiger partial charge < -0.3 is 11.1 Å². The van der Waals surface area contributed by atoms with Crippen LogP contribution in [0.25, 0.3) is 5.57 Å². The molecule has 9 heteroatoms. The average Bonchev–Trinajstić information content (AvgIpc) is 3.37. The number of nitrogens with one attached hydrogen (secondary N) is 2. The molecule has 4 N–H and O–H groups in total. The van der Waals surface area contributed by atoms with Crippen LogP contribution in [0, 0.1) is 18.3 Å². The summed E-state index contributed by atoms with van der Waals surface area (Å²) >= 11 is 1.47. The number of aryl methyl sites for hydroxylation is 2. The zero-order valence-electron chi connectivity index (χ0n) is 18.9. The number of allylic oxidation sites excluding steroid dienone is 2. The molecule has 0 radical (unpaired) electrons. The van der Waals surface area contributed by atoms with Crippen molar-refractivity contribution in [1.29, 1.82) is 5.26 Å². The van der Waals surface area contributed by atoms with Gasteiger partial charge in [0.1, 0.15) is 17.1 Å². The molecule has 2 aromatic carbocycles. The molecule has 0 bridgehead atoms. The van der Waals surface area contributed by atoms with Gasteiger partial charge in [-0.2, -0.15) is 10.4 Å². The number of aromatic amines is 1. The lowest BCUT2D eigenvalue weighted by Crippen LogP contribution is -2.27. The van der Waals surface area contributed by atoms with Gasteiger partial charge in [-0.05, 0) is 37.5 Å². The van der Waals surface area contributed by atoms with Crippen LogP contribution < -0.4 is 16.6 Å². The molecule has 6 rings (SSSR count). The Labute approximate surface area is 205 Å². The third-order valence-electron chi connectivity index (χ3n) is 6.43. The molecule has 35 heavy (non-hydrogen) atoms. The maximum Gasteiger partial charge on any atom is 0.294 e. The summed E-state index contributed by atoms with van der Waals surface area (Å²) < 4.78 is 1.80. The molecular weight excluding hydrogens is 458 g/mol. The van der Waals surface area contributed by atoms with Crippen LogP contribution in [-0.4, -0.2) is 9.78 Å². The number of rotatable bonds is 3. The van der Waals surface area contributed by atoms with E-state index >= 15 is 0 Å². The first-order valence-electron chi connectivity index (χ1n) is 11.2. The second kappa shape index (κ2) is 8.11. The van der Waals surface area contributed by atoms with Crippen molar-refractivity contribution in [3.8, 4) is 6.07 Å². The van der Waals surface area contributed by atoms with Crippen molar-refractivity contribution < 1.29 is 0 Å². The van der Waals surface area contributed by atoms with Crippen LogP contribution in [0.5, 0.6) is 0 Å². The molecule has 2 aromatic heterocycles. The quantitative estimate of drug-likeness (QED) is 0.322. The van der Waals surface area contributed by atoms with Crippen molar-refractivity contribution in [1.82, 2.24) is 9.78 Å². The van der Waals surface area contributed by atoms with E-state index in [4.69, 9.17) is 5.73 Å². The van der Waals surface area contributed by atoms with Crippen LogP contribution in [0.3, 0.4) is 0 Å². The van der Waals surface area contributed by atoms with Gasteiger partial charge >= 0.3 is 0 Å². The zero-order chi connectivity index (χ0) is 24.1. The van der Waals surface area contributed by atoms with Gasteiger partial charge in [0.15, 0.2) is 11.5 Å². The summed E-state index contributed by atoms with van der Waals surface area (Å²) in [7, 11) is 0. The summed E-state index contributed by atoms with van der Waals surface area (Å²) in [6.45, 7) is 2.00. The van der Waals surface area contributed by atoms with E-state index in [-0.39, 0.29) is 17.3 Å². The fourth-order valence-corrected chi connectivity index (χ4v) is 5.85. The lowest BCUT2D eigenvalue weighted by Gasteiger charge is -2.34. The summed E-state index contributed by atoms with van der Waals surface area (Å²) in [6.07, 6.45) is 1.51. The van der Waals surface area contributed by atoms with Crippen LogP contribution >= 0.6 is 11.3 Å². The molecule has 0 fully saturated rings. The van der Waals surface area contributed by atoms with Gasteiger partial charge in [0, 0.05) is 21.7 Å². The number of azo groups is 1. The topological polar surface area (TPSA) is 124 Å². The molecule has 0 amide bonds. The Bertz CT molecular complexity index is 1620. The molecule has 3 heterocycles. The number of hydrogen-bond acceptors (Lipinski definition) is 7. The summed E-state index contributed by atoms with van der Waals surface area (Å²) in [5.41, 5.74) is 12.2. The van der Waals surface area contributed by atoms with E-state index in [2.05, 4.69) is 26.7 Å². The Morgan fingerprint density at radius 3 is 2.63 bits per heavy atom. The molecule has 2 aliphatic rings. The SMILES string of the molecule is Cc1ccc(N=Nc2c3n([nH]c2=O)C(c2ccccc2)C2=C(CCc4sc(N)c(C#N)c42)N3)cc1. The highest BCUT2D eigenvalue weighted by atomic mass is 32.1. The van der Waals surface area contributed by atoms with E-state index < -0.39 is 0 Å². The van der Waals surface area contributed by atoms with E-state index in [9.17, 15) is 10.1 Å². The number of nitrogens with zero attached hydrogens (tertiary/aromatic N) is 4. The molecule has 172 valence electrons. The van der Waals surface area contributed by atoms with Gasteiger partial charge in [0.2, 0.25) is 0 Å². The molecule has 1 aliphatic heterocycles. The fourth-order valence-electron chi connectivity index (χ4n) is 4.81. The van der Waals surface area contributed by atoms with Crippen LogP contribution in [0.15, 0.2) is 75.3 Å². The van der Waals surface area contributed by atoms with Crippen molar-refractivity contribution in [2.75, 3.05) is 11.1 Å². The normalized spacial score (nSPS) is 16.4. The van der Waals surface area contributed by atoms with Crippen LogP contribution in [0.2, 0.25) is 0 Å². The highest BCUT2D eigenvalue weighted by Gasteiger charge is 2.38. The predicted molar refractivity (Wildman–Crippen MR) is 137 cm³/mol. The average molecular weight is 480 g/mol. The number of H-pyrrole nitrogens is 1. The number of nitriles is 1. The minimum absolute atomic E-state index is 0.217. The van der Waals surface area contributed by atoms with Crippen molar-refractivity contribution in [2.45, 2.75) is 25.8 Å². The Hall–Kier alpha value is -4.42. The maximum atomic E-state index is 13.1. The van der Waals surface area contributed by atoms with Crippen molar-refractivity contribution in [2.24, 2.45) is 10.2 Å². The fraction of sp³-hybridized carbons (Fsp3) is 0.154. The van der Waals surface area contributed by atoms with E-state index in [1.807, 2.05) is 61.5 Å². The van der Waals surface area contributed by atoms with Gasteiger partial charge in [-0.15, -0.1) is 16.5 Å². The number of anilines is 2. The lowest BCUT2D eigenvalue weighted by atomic mass is 9.83. The van der Waals surface area contributed by atoms with E-state index in [0.29, 0.717) is 22.1 Å². The number of fused-ring (bicyclic) bond motifs is 3. The van der Waals surface area contributed by atoms with Crippen molar-refractivity contribution >= 4 is 39.1 Å². The Kier molecular flexibility index (Phi) is 4.90. The smallest absolute Gasteiger partial charge is 0.294 e. The minimum Gasteiger partial charge on any atom is -0.389 e. The van der Waals surface area contributed by atoms with Gasteiger partial charge in [0.25, 0.3) is 5.56 Å². The molecule has 8 nitrogen and oxygen atoms in total. The highest BCUT2D eigenvalue weighted by molar-refractivity contribution is 7.16. The molecule has 1 unspecified atom stereocenters. The summed E-state index contributed by atoms with van der Waals surface area (Å²) in [4.78, 5) is 14.2. The summed E-state index contributed by atoms with van der Waals surface area (Å²) in [5.74, 6) is 0.559. The van der Waals surface area contributed by atoms with E-state index in [1.54, 1.807) is 4.68 Å². The van der Waals surface area contributed by atoms with Gasteiger partial charge in [0.05, 0.1) is 11.3 Å². The number of thiophene rings is 1. The maximum absolute atomic E-state index is 13.1. The molecular formula is C26H21N7OS. The van der Waals surface area contributed by atoms with E-state index in [0.717, 1.165) is 45.7 Å². The molecule has 1 aliphatic carbocycles. The number of aromatic nitrogens is 2. The molecule has 4 aromatic rings. The molecule has 0 saturated heterocycles. The number of benzene rings is 2. The van der Waals surface area contributed by atoms with Crippen molar-refractivity contribution in [3.05, 3.63) is 97.8 Å². The first kappa shape index (κ1) is 21.1. The van der Waals surface area contributed by atoms with Gasteiger partial charge in [-0.3, -0.25) is 14.6 Å². The third-order valence-corrected chi connectivity index (χ3v) is 7.51. The monoisotopic (exact) mass is 479 g/mol. The minimum atomic E-state index is -0.348. The molecule has 0 saturated carbocycles. The Morgan fingerprint density at radius 2 is 1.89 bits per heavy atom. The molecule has 0 spiro atoms. The first-order valence-corrected chi connectivity index (χ1v) is 12.1. The van der Waals surface area contributed by atoms with Crippen LogP contribution in [0.1, 0.15) is 39.6 Å². The highest BCUT2D eigenvalue weighted by Crippen LogP contribution is 2.51. The first-order chi connectivity index (χ1) is 17.0. The largest absolute Gasteiger partial charge is 0.389 e. The van der Waals surface area contributed by atoms with Crippen LogP contribution in [-0.2, 0) is 6.42 Å². The second-order valence-electron chi connectivity index (χ2n) is 8.63. The summed E-state index contributed by atoms with van der Waals surface area (Å²) in [5, 5.41) is 25.5. The van der Waals surface area contributed by atoms with Gasteiger partial charge in [-0.25, -0.2) is 0 Å². The predicted octanol–water partition coefficient (Wildman–Crippen LogP) is 5.79. The lowest BCUT2D eigenvalue weighted by molar-refractivity contribution is 0.606. The number of nitrogen functional groups attached to an aromatic ring is 1. The Morgan fingerprint density at radius 1 is 1.11 bits per heavy atom. The van der Waals surface area contributed by atoms with Crippen LogP contribution in [0.4, 0.5) is 22.2 Å². The zero-order valence-corrected chi connectivity index (χ0v) is 19.7. The summed E-state index contributed by atoms with van der Waals surface area (Å²) in [6, 6.07) is 19.5. The van der Waals surface area contributed by atoms with Crippen molar-refractivity contribution in [3.63, 3.8) is 0 Å². The standard InChI is InChI=1S/C26H21N7OS/c1-14-7-9-16(10-8-14)30-31-22-25-29-18-11-12-19-20(17(13-27)24(28)35-19)21(18)23(33(25)32-26(22)34)15-5-3-2-4-6-15/h2-10,23,29H,11-12,28H2,1H3,(H,32,34). The molecule has 1 atom stereocenters. The third kappa shape index (κ3) is 3.38. The van der Waals surface area contributed by atoms with E-state index in [1.165, 1.54) is 11.3 Å². The van der Waals surface area contributed by atoms with Gasteiger partial charge in [-0.1, -0.05) is 48.0 Å². The number of nitrogens with two attached hydrogens (primary N) is 1. The number of hydrogen-bond donors (Lipinski definition) is 3.